The van der Waals surface area contributed by atoms with E-state index >= 15 is 0 Å². The fraction of sp³-hybridized carbons (Fsp3) is 0.167. The van der Waals surface area contributed by atoms with Crippen LogP contribution in [0.25, 0.3) is 6.08 Å². The molecule has 0 heterocycles. The minimum Gasteiger partial charge on any atom is -0.373 e. The van der Waals surface area contributed by atoms with Crippen LogP contribution in [0, 0.1) is 5.82 Å². The number of hydrogen-bond donors (Lipinski definition) is 0. The van der Waals surface area contributed by atoms with Crippen molar-refractivity contribution in [2.45, 2.75) is 0 Å². The van der Waals surface area contributed by atoms with Gasteiger partial charge in [-0.25, -0.2) is 4.39 Å². The predicted octanol–water partition coefficient (Wildman–Crippen LogP) is 3.04. The Morgan fingerprint density at radius 2 is 1.93 bits per heavy atom. The van der Waals surface area contributed by atoms with Crippen LogP contribution in [0.3, 0.4) is 0 Å². The van der Waals surface area contributed by atoms with E-state index in [9.17, 15) is 4.39 Å². The number of ether oxygens (including phenoxy) is 1. The summed E-state index contributed by atoms with van der Waals surface area (Å²) in [6.07, 6.45) is 5.48. The zero-order valence-corrected chi connectivity index (χ0v) is 7.95. The molecule has 0 aliphatic carbocycles. The Morgan fingerprint density at radius 3 is 2.57 bits per heavy atom. The van der Waals surface area contributed by atoms with E-state index < -0.39 is 0 Å². The molecule has 0 saturated heterocycles. The van der Waals surface area contributed by atoms with Gasteiger partial charge in [-0.3, -0.25) is 0 Å². The highest BCUT2D eigenvalue weighted by atomic mass is 19.1. The summed E-state index contributed by atoms with van der Waals surface area (Å²) in [5.74, 6) is -0.218. The second-order valence-corrected chi connectivity index (χ2v) is 2.78. The Kier molecular flexibility index (Phi) is 4.65. The van der Waals surface area contributed by atoms with E-state index in [0.29, 0.717) is 13.2 Å². The summed E-state index contributed by atoms with van der Waals surface area (Å²) in [6.45, 7) is 4.63. The van der Waals surface area contributed by atoms with E-state index in [1.165, 1.54) is 12.1 Å². The molecule has 0 aliphatic rings. The molecule has 0 fully saturated rings. The topological polar surface area (TPSA) is 9.23 Å². The summed E-state index contributed by atoms with van der Waals surface area (Å²) in [4.78, 5) is 0. The molecule has 0 saturated carbocycles. The molecular weight excluding hydrogens is 179 g/mol. The van der Waals surface area contributed by atoms with Gasteiger partial charge in [-0.1, -0.05) is 30.4 Å². The van der Waals surface area contributed by atoms with Crippen molar-refractivity contribution in [3.05, 3.63) is 54.4 Å². The molecule has 0 amide bonds. The van der Waals surface area contributed by atoms with Crippen molar-refractivity contribution in [3.63, 3.8) is 0 Å². The lowest BCUT2D eigenvalue weighted by Gasteiger charge is -1.95. The van der Waals surface area contributed by atoms with Gasteiger partial charge in [0.05, 0.1) is 13.2 Å². The zero-order chi connectivity index (χ0) is 10.2. The van der Waals surface area contributed by atoms with Gasteiger partial charge in [0, 0.05) is 0 Å². The van der Waals surface area contributed by atoms with Crippen LogP contribution in [-0.4, -0.2) is 13.2 Å². The van der Waals surface area contributed by atoms with E-state index in [0.717, 1.165) is 5.56 Å². The fourth-order valence-corrected chi connectivity index (χ4v) is 0.978. The van der Waals surface area contributed by atoms with Gasteiger partial charge in [0.2, 0.25) is 0 Å². The van der Waals surface area contributed by atoms with Gasteiger partial charge in [-0.05, 0) is 17.7 Å². The quantitative estimate of drug-likeness (QED) is 0.514. The number of halogens is 1. The summed E-state index contributed by atoms with van der Waals surface area (Å²) < 4.78 is 17.7. The third-order valence-electron chi connectivity index (χ3n) is 1.63. The average molecular weight is 192 g/mol. The maximum absolute atomic E-state index is 12.5. The molecule has 0 aromatic heterocycles. The van der Waals surface area contributed by atoms with E-state index in [1.54, 1.807) is 18.2 Å². The van der Waals surface area contributed by atoms with Gasteiger partial charge in [0.25, 0.3) is 0 Å². The first-order chi connectivity index (χ1) is 6.83. The standard InChI is InChI=1S/C12H13FO/c1-2-9-14-10-3-4-11-5-7-12(13)8-6-11/h2-8H,1,9-10H2/b4-3+. The Hall–Kier alpha value is -1.41. The molecule has 0 aliphatic heterocycles. The minimum atomic E-state index is -0.218. The van der Waals surface area contributed by atoms with Crippen molar-refractivity contribution >= 4 is 6.08 Å². The monoisotopic (exact) mass is 192 g/mol. The van der Waals surface area contributed by atoms with Crippen molar-refractivity contribution in [2.75, 3.05) is 13.2 Å². The smallest absolute Gasteiger partial charge is 0.123 e. The highest BCUT2D eigenvalue weighted by Gasteiger charge is 1.87. The Morgan fingerprint density at radius 1 is 1.21 bits per heavy atom. The van der Waals surface area contributed by atoms with Crippen LogP contribution in [0.4, 0.5) is 4.39 Å². The van der Waals surface area contributed by atoms with Gasteiger partial charge in [-0.15, -0.1) is 6.58 Å². The number of rotatable bonds is 5. The Labute approximate surface area is 83.5 Å². The minimum absolute atomic E-state index is 0.218. The van der Waals surface area contributed by atoms with Crippen LogP contribution < -0.4 is 0 Å². The van der Waals surface area contributed by atoms with Gasteiger partial charge < -0.3 is 4.74 Å². The van der Waals surface area contributed by atoms with E-state index in [1.807, 2.05) is 12.2 Å². The van der Waals surface area contributed by atoms with E-state index in [4.69, 9.17) is 4.74 Å². The zero-order valence-electron chi connectivity index (χ0n) is 7.95. The van der Waals surface area contributed by atoms with Crippen LogP contribution in [-0.2, 0) is 4.74 Å². The van der Waals surface area contributed by atoms with Crippen molar-refractivity contribution in [2.24, 2.45) is 0 Å². The molecule has 14 heavy (non-hydrogen) atoms. The van der Waals surface area contributed by atoms with Gasteiger partial charge in [0.1, 0.15) is 5.82 Å². The third-order valence-corrected chi connectivity index (χ3v) is 1.63. The normalized spacial score (nSPS) is 10.6. The third kappa shape index (κ3) is 4.01. The summed E-state index contributed by atoms with van der Waals surface area (Å²) in [7, 11) is 0. The van der Waals surface area contributed by atoms with Crippen LogP contribution in [0.15, 0.2) is 43.0 Å². The lowest BCUT2D eigenvalue weighted by atomic mass is 10.2. The van der Waals surface area contributed by atoms with Crippen LogP contribution in [0.2, 0.25) is 0 Å². The molecule has 1 aromatic rings. The Balaban J connectivity index is 2.36. The second kappa shape index (κ2) is 6.11. The van der Waals surface area contributed by atoms with Crippen LogP contribution >= 0.6 is 0 Å². The number of hydrogen-bond acceptors (Lipinski definition) is 1. The maximum Gasteiger partial charge on any atom is 0.123 e. The van der Waals surface area contributed by atoms with Crippen molar-refractivity contribution < 1.29 is 9.13 Å². The second-order valence-electron chi connectivity index (χ2n) is 2.78. The van der Waals surface area contributed by atoms with Crippen molar-refractivity contribution in [1.82, 2.24) is 0 Å². The highest BCUT2D eigenvalue weighted by Crippen LogP contribution is 2.04. The first-order valence-corrected chi connectivity index (χ1v) is 4.43. The van der Waals surface area contributed by atoms with E-state index in [-0.39, 0.29) is 5.82 Å². The fourth-order valence-electron chi connectivity index (χ4n) is 0.978. The lowest BCUT2D eigenvalue weighted by molar-refractivity contribution is 0.194. The first kappa shape index (κ1) is 10.7. The van der Waals surface area contributed by atoms with Gasteiger partial charge >= 0.3 is 0 Å². The van der Waals surface area contributed by atoms with Crippen molar-refractivity contribution in [3.8, 4) is 0 Å². The SMILES string of the molecule is C=CCOC/C=C/c1ccc(F)cc1. The molecule has 0 spiro atoms. The molecule has 74 valence electrons. The molecule has 0 unspecified atom stereocenters. The highest BCUT2D eigenvalue weighted by molar-refractivity contribution is 5.48. The maximum atomic E-state index is 12.5. The molecule has 0 atom stereocenters. The molecule has 1 rings (SSSR count). The van der Waals surface area contributed by atoms with Gasteiger partial charge in [-0.2, -0.15) is 0 Å². The molecule has 1 nitrogen and oxygen atoms in total. The summed E-state index contributed by atoms with van der Waals surface area (Å²) in [5.41, 5.74) is 0.966. The van der Waals surface area contributed by atoms with Crippen molar-refractivity contribution in [1.29, 1.82) is 0 Å². The molecule has 0 bridgehead atoms. The van der Waals surface area contributed by atoms with Crippen LogP contribution in [0.1, 0.15) is 5.56 Å². The molecule has 0 radical (unpaired) electrons. The first-order valence-electron chi connectivity index (χ1n) is 4.43. The van der Waals surface area contributed by atoms with E-state index in [2.05, 4.69) is 6.58 Å². The molecular formula is C12H13FO. The lowest BCUT2D eigenvalue weighted by Crippen LogP contribution is -1.89. The summed E-state index contributed by atoms with van der Waals surface area (Å²) in [6, 6.07) is 6.31. The Bertz CT molecular complexity index is 301. The largest absolute Gasteiger partial charge is 0.373 e. The predicted molar refractivity (Wildman–Crippen MR) is 56.5 cm³/mol. The number of benzene rings is 1. The molecule has 1 aromatic carbocycles. The van der Waals surface area contributed by atoms with Crippen LogP contribution in [0.5, 0.6) is 0 Å². The average Bonchev–Trinajstić information content (AvgIpc) is 2.21. The van der Waals surface area contributed by atoms with Gasteiger partial charge in [0.15, 0.2) is 0 Å². The molecule has 0 N–H and O–H groups in total. The summed E-state index contributed by atoms with van der Waals surface area (Å²) >= 11 is 0. The summed E-state index contributed by atoms with van der Waals surface area (Å²) in [5, 5.41) is 0. The molecule has 2 heteroatoms.